The molecule has 134 valence electrons. The molecule has 1 aliphatic rings. The molecule has 0 fully saturated rings. The first kappa shape index (κ1) is 16.7. The van der Waals surface area contributed by atoms with E-state index in [-0.39, 0.29) is 25.1 Å². The average molecular weight is 421 g/mol. The zero-order valence-electron chi connectivity index (χ0n) is 13.7. The van der Waals surface area contributed by atoms with Crippen molar-refractivity contribution in [1.29, 1.82) is 0 Å². The van der Waals surface area contributed by atoms with Gasteiger partial charge in [-0.05, 0) is 28.9 Å². The molecule has 0 radical (unpaired) electrons. The summed E-state index contributed by atoms with van der Waals surface area (Å²) in [7, 11) is 0. The monoisotopic (exact) mass is 420 g/mol. The molecule has 4 heterocycles. The molecule has 26 heavy (non-hydrogen) atoms. The maximum absolute atomic E-state index is 13.6. The summed E-state index contributed by atoms with van der Waals surface area (Å²) in [5.41, 5.74) is 1.32. The largest absolute Gasteiger partial charge is 0.473 e. The lowest BCUT2D eigenvalue weighted by atomic mass is 10.2. The van der Waals surface area contributed by atoms with Crippen molar-refractivity contribution in [3.8, 4) is 5.88 Å². The molecule has 1 amide bonds. The predicted molar refractivity (Wildman–Crippen MR) is 94.6 cm³/mol. The van der Waals surface area contributed by atoms with Gasteiger partial charge in [0.25, 0.3) is 5.91 Å². The lowest BCUT2D eigenvalue weighted by Crippen LogP contribution is -2.33. The van der Waals surface area contributed by atoms with Crippen molar-refractivity contribution in [2.24, 2.45) is 0 Å². The Morgan fingerprint density at radius 1 is 1.38 bits per heavy atom. The number of halogens is 2. The van der Waals surface area contributed by atoms with Crippen LogP contribution in [0.1, 0.15) is 22.8 Å². The summed E-state index contributed by atoms with van der Waals surface area (Å²) in [6, 6.07) is 1.36. The Balaban J connectivity index is 1.81. The summed E-state index contributed by atoms with van der Waals surface area (Å²) in [5.74, 6) is 0.0392. The molecule has 10 heteroatoms. The predicted octanol–water partition coefficient (Wildman–Crippen LogP) is 2.15. The van der Waals surface area contributed by atoms with Crippen molar-refractivity contribution in [3.63, 3.8) is 0 Å². The Morgan fingerprint density at radius 3 is 3.08 bits per heavy atom. The molecule has 2 N–H and O–H groups in total. The van der Waals surface area contributed by atoms with E-state index in [9.17, 15) is 9.18 Å². The van der Waals surface area contributed by atoms with E-state index in [1.165, 1.54) is 16.8 Å². The SMILES string of the molecule is CC1CNC(=O)c2cnn3cc(Br)c(nc23)NCc2cc(F)cnc2O1. The zero-order valence-corrected chi connectivity index (χ0v) is 15.2. The number of nitrogens with one attached hydrogen (secondary N) is 2. The van der Waals surface area contributed by atoms with E-state index in [0.717, 1.165) is 6.20 Å². The lowest BCUT2D eigenvalue weighted by Gasteiger charge is -2.17. The number of fused-ring (bicyclic) bond motifs is 2. The third-order valence-electron chi connectivity index (χ3n) is 3.89. The summed E-state index contributed by atoms with van der Waals surface area (Å²) >= 11 is 3.42. The number of hydrogen-bond donors (Lipinski definition) is 2. The Bertz CT molecular complexity index is 1010. The molecule has 3 aromatic heterocycles. The molecule has 2 bridgehead atoms. The van der Waals surface area contributed by atoms with E-state index < -0.39 is 5.82 Å². The first-order valence-corrected chi connectivity index (χ1v) is 8.67. The van der Waals surface area contributed by atoms with Crippen LogP contribution >= 0.6 is 15.9 Å². The number of anilines is 1. The number of ether oxygens (including phenoxy) is 1. The molecule has 0 aromatic carbocycles. The van der Waals surface area contributed by atoms with Crippen LogP contribution in [0.2, 0.25) is 0 Å². The van der Waals surface area contributed by atoms with Gasteiger partial charge >= 0.3 is 0 Å². The maximum atomic E-state index is 13.6. The van der Waals surface area contributed by atoms with Crippen molar-refractivity contribution in [2.75, 3.05) is 11.9 Å². The van der Waals surface area contributed by atoms with Gasteiger partial charge in [-0.3, -0.25) is 4.79 Å². The highest BCUT2D eigenvalue weighted by atomic mass is 79.9. The van der Waals surface area contributed by atoms with Crippen LogP contribution < -0.4 is 15.4 Å². The van der Waals surface area contributed by atoms with Crippen LogP contribution in [0.15, 0.2) is 29.1 Å². The number of hydrogen-bond acceptors (Lipinski definition) is 6. The molecule has 1 aliphatic heterocycles. The van der Waals surface area contributed by atoms with Gasteiger partial charge < -0.3 is 15.4 Å². The van der Waals surface area contributed by atoms with E-state index in [4.69, 9.17) is 4.74 Å². The quantitative estimate of drug-likeness (QED) is 0.578. The van der Waals surface area contributed by atoms with E-state index in [1.54, 1.807) is 13.1 Å². The average Bonchev–Trinajstić information content (AvgIpc) is 3.01. The minimum Gasteiger partial charge on any atom is -0.473 e. The summed E-state index contributed by atoms with van der Waals surface area (Å²) in [6.07, 6.45) is 3.90. The number of nitrogens with zero attached hydrogens (tertiary/aromatic N) is 4. The van der Waals surface area contributed by atoms with Gasteiger partial charge in [0.05, 0.1) is 23.4 Å². The van der Waals surface area contributed by atoms with Crippen molar-refractivity contribution in [3.05, 3.63) is 46.1 Å². The number of rotatable bonds is 0. The van der Waals surface area contributed by atoms with Gasteiger partial charge in [-0.25, -0.2) is 18.9 Å². The summed E-state index contributed by atoms with van der Waals surface area (Å²) in [6.45, 7) is 2.30. The van der Waals surface area contributed by atoms with Crippen LogP contribution in [-0.4, -0.2) is 38.1 Å². The van der Waals surface area contributed by atoms with Gasteiger partial charge in [0.1, 0.15) is 23.3 Å². The Labute approximate surface area is 155 Å². The minimum atomic E-state index is -0.458. The first-order chi connectivity index (χ1) is 12.5. The fourth-order valence-corrected chi connectivity index (χ4v) is 3.04. The van der Waals surface area contributed by atoms with Crippen LogP contribution in [0.25, 0.3) is 5.65 Å². The maximum Gasteiger partial charge on any atom is 0.256 e. The van der Waals surface area contributed by atoms with Crippen LogP contribution in [0.3, 0.4) is 0 Å². The van der Waals surface area contributed by atoms with E-state index >= 15 is 0 Å². The van der Waals surface area contributed by atoms with Crippen molar-refractivity contribution in [1.82, 2.24) is 24.9 Å². The second kappa shape index (κ2) is 6.52. The molecular weight excluding hydrogens is 407 g/mol. The van der Waals surface area contributed by atoms with Gasteiger partial charge in [-0.15, -0.1) is 0 Å². The van der Waals surface area contributed by atoms with Crippen molar-refractivity contribution < 1.29 is 13.9 Å². The second-order valence-corrected chi connectivity index (χ2v) is 6.73. The highest BCUT2D eigenvalue weighted by Gasteiger charge is 2.19. The molecular formula is C16H14BrFN6O2. The fraction of sp³-hybridized carbons (Fsp3) is 0.250. The standard InChI is InChI=1S/C16H14BrFN6O2/c1-8-3-20-15(25)11-6-22-24-7-12(17)13(23-14(11)24)19-4-9-2-10(18)5-21-16(9)26-8/h2,5-8H,3-4H2,1H3,(H,19,23)(H,20,25). The van der Waals surface area contributed by atoms with E-state index in [1.807, 2.05) is 0 Å². The second-order valence-electron chi connectivity index (χ2n) is 5.87. The minimum absolute atomic E-state index is 0.249. The van der Waals surface area contributed by atoms with Gasteiger partial charge in [-0.1, -0.05) is 0 Å². The van der Waals surface area contributed by atoms with Gasteiger partial charge in [-0.2, -0.15) is 5.10 Å². The van der Waals surface area contributed by atoms with E-state index in [0.29, 0.717) is 32.9 Å². The number of aromatic nitrogens is 4. The highest BCUT2D eigenvalue weighted by Crippen LogP contribution is 2.25. The molecule has 8 nitrogen and oxygen atoms in total. The topological polar surface area (TPSA) is 93.4 Å². The summed E-state index contributed by atoms with van der Waals surface area (Å²) in [5, 5.41) is 10.1. The van der Waals surface area contributed by atoms with Crippen LogP contribution in [0, 0.1) is 5.82 Å². The Hall–Kier alpha value is -2.75. The summed E-state index contributed by atoms with van der Waals surface area (Å²) in [4.78, 5) is 21.0. The van der Waals surface area contributed by atoms with Gasteiger partial charge in [0.2, 0.25) is 5.88 Å². The summed E-state index contributed by atoms with van der Waals surface area (Å²) < 4.78 is 21.6. The molecule has 4 rings (SSSR count). The third kappa shape index (κ3) is 3.07. The van der Waals surface area contributed by atoms with Crippen LogP contribution in [0.5, 0.6) is 5.88 Å². The van der Waals surface area contributed by atoms with Gasteiger partial charge in [0, 0.05) is 18.3 Å². The number of amides is 1. The van der Waals surface area contributed by atoms with Crippen molar-refractivity contribution in [2.45, 2.75) is 19.6 Å². The van der Waals surface area contributed by atoms with Gasteiger partial charge in [0.15, 0.2) is 5.65 Å². The number of carbonyl (C=O) groups excluding carboxylic acids is 1. The molecule has 0 spiro atoms. The number of pyridine rings is 1. The molecule has 0 saturated carbocycles. The normalized spacial score (nSPS) is 17.3. The van der Waals surface area contributed by atoms with Crippen molar-refractivity contribution >= 4 is 33.3 Å². The molecule has 1 atom stereocenters. The van der Waals surface area contributed by atoms with Crippen LogP contribution in [-0.2, 0) is 6.54 Å². The number of carbonyl (C=O) groups is 1. The molecule has 3 aromatic rings. The zero-order chi connectivity index (χ0) is 18.3. The Kier molecular flexibility index (Phi) is 4.19. The molecule has 0 saturated heterocycles. The lowest BCUT2D eigenvalue weighted by molar-refractivity contribution is 0.0932. The van der Waals surface area contributed by atoms with Crippen LogP contribution in [0.4, 0.5) is 10.2 Å². The smallest absolute Gasteiger partial charge is 0.256 e. The highest BCUT2D eigenvalue weighted by molar-refractivity contribution is 9.10. The molecule has 1 unspecified atom stereocenters. The fourth-order valence-electron chi connectivity index (χ4n) is 2.62. The first-order valence-electron chi connectivity index (χ1n) is 7.88. The third-order valence-corrected chi connectivity index (χ3v) is 4.47. The molecule has 0 aliphatic carbocycles. The Morgan fingerprint density at radius 2 is 2.23 bits per heavy atom. The van der Waals surface area contributed by atoms with E-state index in [2.05, 4.69) is 41.6 Å².